The molecule has 0 amide bonds. The minimum Gasteiger partial charge on any atom is -0.504 e. The molecule has 0 aromatic heterocycles. The van der Waals surface area contributed by atoms with Crippen molar-refractivity contribution >= 4 is 27.8 Å². The molecule has 110 valence electrons. The van der Waals surface area contributed by atoms with Crippen LogP contribution in [-0.4, -0.2) is 18.0 Å². The van der Waals surface area contributed by atoms with Crippen LogP contribution in [0.4, 0.5) is 0 Å². The molecule has 1 N–H and O–H groups in total. The zero-order chi connectivity index (χ0) is 16.1. The molecule has 2 aromatic carbocycles. The van der Waals surface area contributed by atoms with Crippen molar-refractivity contribution in [2.75, 3.05) is 7.11 Å². The minimum absolute atomic E-state index is 0.0172. The van der Waals surface area contributed by atoms with Crippen LogP contribution in [0.2, 0.25) is 0 Å². The van der Waals surface area contributed by atoms with Crippen LogP contribution < -0.4 is 4.74 Å². The molecule has 0 aliphatic carbocycles. The monoisotopic (exact) mass is 357 g/mol. The molecule has 0 spiro atoms. The van der Waals surface area contributed by atoms with Crippen LogP contribution in [0, 0.1) is 11.3 Å². The standard InChI is InChI=1S/C17H12BrNO3/c1-22-16-9-14(18)12(8-15(16)20)7-13(10-19)17(21)11-5-3-2-4-6-11/h2-9,20H,1H3/b13-7+. The van der Waals surface area contributed by atoms with Gasteiger partial charge in [-0.05, 0) is 23.8 Å². The number of rotatable bonds is 4. The quantitative estimate of drug-likeness (QED) is 0.510. The Kier molecular flexibility index (Phi) is 4.97. The van der Waals surface area contributed by atoms with Gasteiger partial charge in [-0.1, -0.05) is 46.3 Å². The summed E-state index contributed by atoms with van der Waals surface area (Å²) in [5, 5.41) is 19.1. The van der Waals surface area contributed by atoms with Crippen LogP contribution in [0.15, 0.2) is 52.5 Å². The SMILES string of the molecule is COc1cc(Br)c(/C=C(\C#N)C(=O)c2ccccc2)cc1O. The summed E-state index contributed by atoms with van der Waals surface area (Å²) in [6, 6.07) is 13.5. The summed E-state index contributed by atoms with van der Waals surface area (Å²) in [5.41, 5.74) is 0.930. The van der Waals surface area contributed by atoms with E-state index < -0.39 is 0 Å². The predicted octanol–water partition coefficient (Wildman–Crippen LogP) is 3.95. The van der Waals surface area contributed by atoms with E-state index in [1.54, 1.807) is 36.4 Å². The summed E-state index contributed by atoms with van der Waals surface area (Å²) >= 11 is 3.33. The van der Waals surface area contributed by atoms with Gasteiger partial charge in [-0.3, -0.25) is 4.79 Å². The maximum Gasteiger partial charge on any atom is 0.203 e. The molecule has 0 bridgehead atoms. The first-order valence-corrected chi connectivity index (χ1v) is 7.14. The number of hydrogen-bond acceptors (Lipinski definition) is 4. The van der Waals surface area contributed by atoms with Gasteiger partial charge in [0.05, 0.1) is 7.11 Å². The van der Waals surface area contributed by atoms with Gasteiger partial charge in [0, 0.05) is 10.0 Å². The number of halogens is 1. The van der Waals surface area contributed by atoms with E-state index in [9.17, 15) is 15.2 Å². The summed E-state index contributed by atoms with van der Waals surface area (Å²) in [6.07, 6.45) is 1.43. The fourth-order valence-electron chi connectivity index (χ4n) is 1.88. The highest BCUT2D eigenvalue weighted by Crippen LogP contribution is 2.33. The van der Waals surface area contributed by atoms with Crippen molar-refractivity contribution in [1.29, 1.82) is 5.26 Å². The van der Waals surface area contributed by atoms with Gasteiger partial charge >= 0.3 is 0 Å². The average molecular weight is 358 g/mol. The highest BCUT2D eigenvalue weighted by atomic mass is 79.9. The normalized spacial score (nSPS) is 10.9. The van der Waals surface area contributed by atoms with E-state index >= 15 is 0 Å². The van der Waals surface area contributed by atoms with Crippen molar-refractivity contribution in [1.82, 2.24) is 0 Å². The van der Waals surface area contributed by atoms with E-state index in [0.717, 1.165) is 0 Å². The number of allylic oxidation sites excluding steroid dienone is 1. The molecule has 2 rings (SSSR count). The van der Waals surface area contributed by atoms with Crippen LogP contribution in [0.5, 0.6) is 11.5 Å². The van der Waals surface area contributed by atoms with Crippen molar-refractivity contribution in [2.24, 2.45) is 0 Å². The Bertz CT molecular complexity index is 776. The van der Waals surface area contributed by atoms with Gasteiger partial charge in [0.15, 0.2) is 11.5 Å². The van der Waals surface area contributed by atoms with Crippen LogP contribution in [-0.2, 0) is 0 Å². The molecule has 0 saturated carbocycles. The fraction of sp³-hybridized carbons (Fsp3) is 0.0588. The molecule has 0 saturated heterocycles. The van der Waals surface area contributed by atoms with Gasteiger partial charge in [-0.25, -0.2) is 0 Å². The molecular formula is C17H12BrNO3. The number of hydrogen-bond donors (Lipinski definition) is 1. The third-order valence-electron chi connectivity index (χ3n) is 3.00. The van der Waals surface area contributed by atoms with Crippen LogP contribution in [0.3, 0.4) is 0 Å². The predicted molar refractivity (Wildman–Crippen MR) is 86.7 cm³/mol. The number of ether oxygens (including phenoxy) is 1. The number of phenols is 1. The number of Topliss-reactive ketones (excluding diaryl/α,β-unsaturated/α-hetero) is 1. The molecule has 0 fully saturated rings. The van der Waals surface area contributed by atoms with Crippen molar-refractivity contribution in [3.8, 4) is 17.6 Å². The summed E-state index contributed by atoms with van der Waals surface area (Å²) in [7, 11) is 1.44. The number of carbonyl (C=O) groups is 1. The first-order valence-electron chi connectivity index (χ1n) is 6.35. The number of carbonyl (C=O) groups excluding carboxylic acids is 1. The Hall–Kier alpha value is -2.58. The first-order chi connectivity index (χ1) is 10.6. The number of methoxy groups -OCH3 is 1. The number of benzene rings is 2. The Labute approximate surface area is 136 Å². The van der Waals surface area contributed by atoms with E-state index in [4.69, 9.17) is 4.74 Å². The molecule has 5 heteroatoms. The zero-order valence-electron chi connectivity index (χ0n) is 11.7. The molecule has 0 aliphatic rings. The lowest BCUT2D eigenvalue weighted by molar-refractivity contribution is 0.104. The summed E-state index contributed by atoms with van der Waals surface area (Å²) in [4.78, 5) is 12.3. The molecule has 0 heterocycles. The second-order valence-corrected chi connectivity index (χ2v) is 5.26. The van der Waals surface area contributed by atoms with E-state index in [-0.39, 0.29) is 17.1 Å². The zero-order valence-corrected chi connectivity index (χ0v) is 13.3. The van der Waals surface area contributed by atoms with Gasteiger partial charge in [0.2, 0.25) is 5.78 Å². The van der Waals surface area contributed by atoms with E-state index in [1.807, 2.05) is 6.07 Å². The van der Waals surface area contributed by atoms with Crippen molar-refractivity contribution in [2.45, 2.75) is 0 Å². The largest absolute Gasteiger partial charge is 0.504 e. The second kappa shape index (κ2) is 6.92. The second-order valence-electron chi connectivity index (χ2n) is 4.41. The van der Waals surface area contributed by atoms with Gasteiger partial charge < -0.3 is 9.84 Å². The Balaban J connectivity index is 2.44. The van der Waals surface area contributed by atoms with E-state index in [0.29, 0.717) is 21.3 Å². The Morgan fingerprint density at radius 2 is 2.00 bits per heavy atom. The molecule has 0 radical (unpaired) electrons. The summed E-state index contributed by atoms with van der Waals surface area (Å²) in [6.45, 7) is 0. The Morgan fingerprint density at radius 1 is 1.32 bits per heavy atom. The number of nitrogens with zero attached hydrogens (tertiary/aromatic N) is 1. The number of aromatic hydroxyl groups is 1. The molecule has 22 heavy (non-hydrogen) atoms. The maximum atomic E-state index is 12.3. The van der Waals surface area contributed by atoms with Crippen molar-refractivity contribution < 1.29 is 14.6 Å². The van der Waals surface area contributed by atoms with Gasteiger partial charge in [0.1, 0.15) is 11.6 Å². The molecule has 4 nitrogen and oxygen atoms in total. The summed E-state index contributed by atoms with van der Waals surface area (Å²) in [5.74, 6) is -0.136. The van der Waals surface area contributed by atoms with Crippen LogP contribution >= 0.6 is 15.9 Å². The van der Waals surface area contributed by atoms with Gasteiger partial charge in [-0.2, -0.15) is 5.26 Å². The van der Waals surface area contributed by atoms with Crippen molar-refractivity contribution in [3.05, 3.63) is 63.6 Å². The number of ketones is 1. The smallest absolute Gasteiger partial charge is 0.203 e. The highest BCUT2D eigenvalue weighted by molar-refractivity contribution is 9.10. The Morgan fingerprint density at radius 3 is 2.59 bits per heavy atom. The third-order valence-corrected chi connectivity index (χ3v) is 3.69. The maximum absolute atomic E-state index is 12.3. The minimum atomic E-state index is -0.370. The molecule has 0 atom stereocenters. The van der Waals surface area contributed by atoms with Crippen LogP contribution in [0.25, 0.3) is 6.08 Å². The van der Waals surface area contributed by atoms with Gasteiger partial charge in [0.25, 0.3) is 0 Å². The lowest BCUT2D eigenvalue weighted by atomic mass is 10.0. The average Bonchev–Trinajstić information content (AvgIpc) is 2.55. The lowest BCUT2D eigenvalue weighted by Gasteiger charge is -2.07. The van der Waals surface area contributed by atoms with Crippen LogP contribution in [0.1, 0.15) is 15.9 Å². The third kappa shape index (κ3) is 3.35. The lowest BCUT2D eigenvalue weighted by Crippen LogP contribution is -2.01. The van der Waals surface area contributed by atoms with E-state index in [2.05, 4.69) is 15.9 Å². The van der Waals surface area contributed by atoms with Gasteiger partial charge in [-0.15, -0.1) is 0 Å². The summed E-state index contributed by atoms with van der Waals surface area (Å²) < 4.78 is 5.60. The first kappa shape index (κ1) is 15.8. The van der Waals surface area contributed by atoms with E-state index in [1.165, 1.54) is 19.3 Å². The topological polar surface area (TPSA) is 70.3 Å². The van der Waals surface area contributed by atoms with Crippen molar-refractivity contribution in [3.63, 3.8) is 0 Å². The highest BCUT2D eigenvalue weighted by Gasteiger charge is 2.13. The number of phenolic OH excluding ortho intramolecular Hbond substituents is 1. The molecular weight excluding hydrogens is 346 g/mol. The molecule has 0 aliphatic heterocycles. The molecule has 0 unspecified atom stereocenters. The number of nitriles is 1. The fourth-order valence-corrected chi connectivity index (χ4v) is 2.32. The molecule has 2 aromatic rings.